The Hall–Kier alpha value is -3.23. The Labute approximate surface area is 172 Å². The molecule has 9 heteroatoms. The first-order valence-corrected chi connectivity index (χ1v) is 9.43. The number of alkyl halides is 3. The number of hydrogen-bond donors (Lipinski definition) is 0. The lowest BCUT2D eigenvalue weighted by molar-refractivity contribution is -0.144. The fourth-order valence-corrected chi connectivity index (χ4v) is 3.29. The molecule has 30 heavy (non-hydrogen) atoms. The molecule has 3 rings (SSSR count). The van der Waals surface area contributed by atoms with Crippen molar-refractivity contribution in [3.63, 3.8) is 0 Å². The molecule has 0 saturated heterocycles. The summed E-state index contributed by atoms with van der Waals surface area (Å²) in [6.07, 6.45) is -2.45. The van der Waals surface area contributed by atoms with Crippen molar-refractivity contribution in [2.45, 2.75) is 39.4 Å². The maximum absolute atomic E-state index is 12.9. The molecule has 1 aromatic carbocycles. The molecule has 0 radical (unpaired) electrons. The first-order chi connectivity index (χ1) is 14.2. The molecule has 3 aromatic rings. The molecule has 0 aliphatic carbocycles. The lowest BCUT2D eigenvalue weighted by Crippen LogP contribution is -2.31. The van der Waals surface area contributed by atoms with Crippen LogP contribution in [0.5, 0.6) is 0 Å². The average Bonchev–Trinajstić information content (AvgIpc) is 3.13. The fraction of sp³-hybridized carbons (Fsp3) is 0.333. The van der Waals surface area contributed by atoms with Gasteiger partial charge in [-0.3, -0.25) is 4.79 Å². The molecular weight excluding hydrogens is 395 g/mol. The number of rotatable bonds is 7. The molecule has 0 N–H and O–H groups in total. The van der Waals surface area contributed by atoms with Crippen LogP contribution >= 0.6 is 0 Å². The third kappa shape index (κ3) is 4.67. The van der Waals surface area contributed by atoms with Crippen LogP contribution < -0.4 is 0 Å². The van der Waals surface area contributed by atoms with Gasteiger partial charge >= 0.3 is 6.18 Å². The summed E-state index contributed by atoms with van der Waals surface area (Å²) in [4.78, 5) is 22.1. The van der Waals surface area contributed by atoms with Crippen LogP contribution in [0, 0.1) is 13.8 Å². The number of carbonyl (C=O) groups is 1. The van der Waals surface area contributed by atoms with Crippen molar-refractivity contribution in [1.82, 2.24) is 24.5 Å². The van der Waals surface area contributed by atoms with Gasteiger partial charge in [0.05, 0.1) is 0 Å². The van der Waals surface area contributed by atoms with Gasteiger partial charge in [0.15, 0.2) is 0 Å². The first kappa shape index (κ1) is 21.5. The molecule has 6 nitrogen and oxygen atoms in total. The standard InChI is InChI=1S/C21H22F3N5O/c1-4-12-28(13-16-8-6-5-7-9-16)18(30)11-10-17-14(2)25-20-26-19(21(22,23)24)27-29(20)15(17)3/h4-9H,1,10-13H2,2-3H3. The van der Waals surface area contributed by atoms with E-state index in [2.05, 4.69) is 21.6 Å². The van der Waals surface area contributed by atoms with Crippen LogP contribution in [0.25, 0.3) is 5.78 Å². The maximum Gasteiger partial charge on any atom is 0.453 e. The number of nitrogens with zero attached hydrogens (tertiary/aromatic N) is 5. The monoisotopic (exact) mass is 417 g/mol. The molecule has 1 amide bonds. The summed E-state index contributed by atoms with van der Waals surface area (Å²) in [6.45, 7) is 7.92. The highest BCUT2D eigenvalue weighted by Gasteiger charge is 2.37. The molecule has 0 unspecified atom stereocenters. The topological polar surface area (TPSA) is 63.4 Å². The predicted octanol–water partition coefficient (Wildman–Crippen LogP) is 3.91. The van der Waals surface area contributed by atoms with E-state index in [9.17, 15) is 18.0 Å². The van der Waals surface area contributed by atoms with Gasteiger partial charge in [-0.2, -0.15) is 18.2 Å². The van der Waals surface area contributed by atoms with Crippen molar-refractivity contribution < 1.29 is 18.0 Å². The van der Waals surface area contributed by atoms with Crippen LogP contribution in [-0.4, -0.2) is 36.9 Å². The number of hydrogen-bond acceptors (Lipinski definition) is 4. The summed E-state index contributed by atoms with van der Waals surface area (Å²) in [5.74, 6) is -1.41. The summed E-state index contributed by atoms with van der Waals surface area (Å²) >= 11 is 0. The molecule has 158 valence electrons. The van der Waals surface area contributed by atoms with E-state index in [1.165, 1.54) is 0 Å². The van der Waals surface area contributed by atoms with Crippen molar-refractivity contribution in [1.29, 1.82) is 0 Å². The van der Waals surface area contributed by atoms with Crippen molar-refractivity contribution in [2.75, 3.05) is 6.54 Å². The predicted molar refractivity (Wildman–Crippen MR) is 106 cm³/mol. The normalized spacial score (nSPS) is 11.6. The van der Waals surface area contributed by atoms with E-state index in [-0.39, 0.29) is 18.1 Å². The molecule has 0 aliphatic heterocycles. The Morgan fingerprint density at radius 3 is 2.53 bits per heavy atom. The Kier molecular flexibility index (Phi) is 6.19. The zero-order chi connectivity index (χ0) is 21.9. The lowest BCUT2D eigenvalue weighted by atomic mass is 10.1. The summed E-state index contributed by atoms with van der Waals surface area (Å²) in [5.41, 5.74) is 2.72. The number of carbonyl (C=O) groups excluding carboxylic acids is 1. The van der Waals surface area contributed by atoms with E-state index in [0.717, 1.165) is 10.1 Å². The molecule has 2 heterocycles. The number of fused-ring (bicyclic) bond motifs is 1. The van der Waals surface area contributed by atoms with E-state index >= 15 is 0 Å². The highest BCUT2D eigenvalue weighted by atomic mass is 19.4. The number of aryl methyl sites for hydroxylation is 2. The van der Waals surface area contributed by atoms with E-state index in [0.29, 0.717) is 36.5 Å². The maximum atomic E-state index is 12.9. The second-order valence-electron chi connectivity index (χ2n) is 6.95. The minimum absolute atomic E-state index is 0.0766. The van der Waals surface area contributed by atoms with Gasteiger partial charge in [-0.15, -0.1) is 11.7 Å². The SMILES string of the molecule is C=CCN(Cc1ccccc1)C(=O)CCc1c(C)nc2nc(C(F)(F)F)nn2c1C. The van der Waals surface area contributed by atoms with Crippen molar-refractivity contribution in [3.05, 3.63) is 71.3 Å². The van der Waals surface area contributed by atoms with Gasteiger partial charge in [0.1, 0.15) is 0 Å². The van der Waals surface area contributed by atoms with Crippen LogP contribution in [-0.2, 0) is 23.9 Å². The summed E-state index contributed by atoms with van der Waals surface area (Å²) < 4.78 is 39.9. The largest absolute Gasteiger partial charge is 0.453 e. The van der Waals surface area contributed by atoms with Gasteiger partial charge < -0.3 is 4.90 Å². The first-order valence-electron chi connectivity index (χ1n) is 9.43. The van der Waals surface area contributed by atoms with Gasteiger partial charge in [-0.1, -0.05) is 36.4 Å². The Balaban J connectivity index is 1.79. The Morgan fingerprint density at radius 2 is 1.90 bits per heavy atom. The van der Waals surface area contributed by atoms with Crippen LogP contribution in [0.1, 0.15) is 34.8 Å². The number of amides is 1. The van der Waals surface area contributed by atoms with E-state index in [4.69, 9.17) is 0 Å². The van der Waals surface area contributed by atoms with Crippen LogP contribution in [0.2, 0.25) is 0 Å². The van der Waals surface area contributed by atoms with Crippen molar-refractivity contribution in [2.24, 2.45) is 0 Å². The van der Waals surface area contributed by atoms with E-state index in [1.54, 1.807) is 24.8 Å². The Morgan fingerprint density at radius 1 is 1.20 bits per heavy atom. The lowest BCUT2D eigenvalue weighted by Gasteiger charge is -2.22. The molecule has 0 aliphatic rings. The van der Waals surface area contributed by atoms with Gasteiger partial charge in [-0.05, 0) is 31.4 Å². The third-order valence-corrected chi connectivity index (χ3v) is 4.81. The third-order valence-electron chi connectivity index (χ3n) is 4.81. The smallest absolute Gasteiger partial charge is 0.335 e. The van der Waals surface area contributed by atoms with Gasteiger partial charge in [-0.25, -0.2) is 9.50 Å². The molecule has 0 saturated carbocycles. The second kappa shape index (κ2) is 8.64. The minimum atomic E-state index is -4.65. The quantitative estimate of drug-likeness (QED) is 0.547. The molecule has 0 bridgehead atoms. The van der Waals surface area contributed by atoms with Crippen molar-refractivity contribution in [3.8, 4) is 0 Å². The van der Waals surface area contributed by atoms with Crippen LogP contribution in [0.15, 0.2) is 43.0 Å². The summed E-state index contributed by atoms with van der Waals surface area (Å²) in [7, 11) is 0. The zero-order valence-electron chi connectivity index (χ0n) is 16.8. The second-order valence-corrected chi connectivity index (χ2v) is 6.95. The Bertz CT molecular complexity index is 1060. The summed E-state index contributed by atoms with van der Waals surface area (Å²) in [6, 6.07) is 9.61. The average molecular weight is 417 g/mol. The van der Waals surface area contributed by atoms with Crippen LogP contribution in [0.4, 0.5) is 13.2 Å². The minimum Gasteiger partial charge on any atom is -0.335 e. The molecule has 0 spiro atoms. The zero-order valence-corrected chi connectivity index (χ0v) is 16.8. The summed E-state index contributed by atoms with van der Waals surface area (Å²) in [5, 5.41) is 3.54. The number of aromatic nitrogens is 4. The molecule has 2 aromatic heterocycles. The molecular formula is C21H22F3N5O. The number of halogens is 3. The highest BCUT2D eigenvalue weighted by molar-refractivity contribution is 5.76. The number of benzene rings is 1. The molecule has 0 fully saturated rings. The molecule has 0 atom stereocenters. The van der Waals surface area contributed by atoms with Crippen molar-refractivity contribution >= 4 is 11.7 Å². The fourth-order valence-electron chi connectivity index (χ4n) is 3.29. The highest BCUT2D eigenvalue weighted by Crippen LogP contribution is 2.27. The van der Waals surface area contributed by atoms with Gasteiger partial charge in [0.25, 0.3) is 11.6 Å². The van der Waals surface area contributed by atoms with Gasteiger partial charge in [0.2, 0.25) is 5.91 Å². The van der Waals surface area contributed by atoms with E-state index in [1.807, 2.05) is 30.3 Å². The van der Waals surface area contributed by atoms with Gasteiger partial charge in [0, 0.05) is 30.9 Å². The van der Waals surface area contributed by atoms with E-state index < -0.39 is 12.0 Å². The van der Waals surface area contributed by atoms with Crippen LogP contribution in [0.3, 0.4) is 0 Å².